The van der Waals surface area contributed by atoms with E-state index in [4.69, 9.17) is 4.74 Å². The van der Waals surface area contributed by atoms with Crippen LogP contribution in [0, 0.1) is 0 Å². The quantitative estimate of drug-likeness (QED) is 0.825. The average molecular weight is 396 g/mol. The Morgan fingerprint density at radius 2 is 1.69 bits per heavy atom. The third-order valence-corrected chi connectivity index (χ3v) is 6.29. The Morgan fingerprint density at radius 1 is 1.03 bits per heavy atom. The molecule has 2 heterocycles. The molecule has 4 rings (SSSR count). The van der Waals surface area contributed by atoms with Crippen molar-refractivity contribution in [2.24, 2.45) is 0 Å². The maximum absolute atomic E-state index is 12.8. The summed E-state index contributed by atoms with van der Waals surface area (Å²) < 4.78 is 5.14. The van der Waals surface area contributed by atoms with E-state index in [1.165, 1.54) is 0 Å². The molecule has 0 radical (unpaired) electrons. The Hall–Kier alpha value is -2.41. The van der Waals surface area contributed by atoms with Crippen LogP contribution in [0.4, 0.5) is 0 Å². The first-order chi connectivity index (χ1) is 14.0. The van der Waals surface area contributed by atoms with Gasteiger partial charge in [-0.1, -0.05) is 30.3 Å². The predicted molar refractivity (Wildman–Crippen MR) is 110 cm³/mol. The van der Waals surface area contributed by atoms with E-state index in [1.54, 1.807) is 36.3 Å². The molecule has 2 N–H and O–H groups in total. The molecule has 2 aliphatic heterocycles. The zero-order valence-electron chi connectivity index (χ0n) is 16.7. The third kappa shape index (κ3) is 4.01. The van der Waals surface area contributed by atoms with Gasteiger partial charge in [0, 0.05) is 31.7 Å². The fourth-order valence-electron chi connectivity index (χ4n) is 4.47. The van der Waals surface area contributed by atoms with Gasteiger partial charge < -0.3 is 19.8 Å². The van der Waals surface area contributed by atoms with Crippen LogP contribution in [-0.2, 0) is 5.60 Å². The summed E-state index contributed by atoms with van der Waals surface area (Å²) in [6.07, 6.45) is 0.652. The van der Waals surface area contributed by atoms with Crippen LogP contribution in [0.25, 0.3) is 0 Å². The number of amides is 1. The average Bonchev–Trinajstić information content (AvgIpc) is 3.16. The molecule has 0 unspecified atom stereocenters. The number of ether oxygens (including phenoxy) is 1. The van der Waals surface area contributed by atoms with Crippen LogP contribution in [0.1, 0.15) is 28.8 Å². The van der Waals surface area contributed by atoms with Crippen molar-refractivity contribution in [2.75, 3.05) is 33.3 Å². The first kappa shape index (κ1) is 19.9. The van der Waals surface area contributed by atoms with E-state index in [0.717, 1.165) is 5.56 Å². The molecule has 2 aromatic rings. The molecule has 2 fully saturated rings. The summed E-state index contributed by atoms with van der Waals surface area (Å²) in [5.74, 6) is 0.632. The molecule has 6 nitrogen and oxygen atoms in total. The highest BCUT2D eigenvalue weighted by atomic mass is 16.5. The lowest BCUT2D eigenvalue weighted by Gasteiger charge is -2.41. The van der Waals surface area contributed by atoms with Gasteiger partial charge in [-0.25, -0.2) is 0 Å². The number of piperidine rings is 1. The van der Waals surface area contributed by atoms with E-state index in [2.05, 4.69) is 4.90 Å². The fourth-order valence-corrected chi connectivity index (χ4v) is 4.47. The zero-order valence-corrected chi connectivity index (χ0v) is 16.7. The SMILES string of the molecule is COc1ccc(C(=O)N2C[C@H](O)[C@@H](N3CCC(O)(c4ccccc4)CC3)C2)cc1. The summed E-state index contributed by atoms with van der Waals surface area (Å²) >= 11 is 0. The highest BCUT2D eigenvalue weighted by molar-refractivity contribution is 5.94. The highest BCUT2D eigenvalue weighted by Crippen LogP contribution is 2.34. The number of likely N-dealkylation sites (tertiary alicyclic amines) is 2. The molecule has 29 heavy (non-hydrogen) atoms. The number of carbonyl (C=O) groups excluding carboxylic acids is 1. The summed E-state index contributed by atoms with van der Waals surface area (Å²) in [5.41, 5.74) is 0.721. The molecule has 0 aromatic heterocycles. The van der Waals surface area contributed by atoms with Crippen molar-refractivity contribution in [1.82, 2.24) is 9.80 Å². The minimum atomic E-state index is -0.820. The molecule has 0 aliphatic carbocycles. The van der Waals surface area contributed by atoms with Crippen molar-refractivity contribution >= 4 is 5.91 Å². The number of nitrogens with zero attached hydrogens (tertiary/aromatic N) is 2. The molecule has 0 bridgehead atoms. The topological polar surface area (TPSA) is 73.2 Å². The number of methoxy groups -OCH3 is 1. The Kier molecular flexibility index (Phi) is 5.58. The Balaban J connectivity index is 1.38. The number of β-amino-alcohol motifs (C(OH)–C–C–N with tert-alkyl or cyclic N) is 1. The van der Waals surface area contributed by atoms with Crippen LogP contribution in [0.2, 0.25) is 0 Å². The lowest BCUT2D eigenvalue weighted by Crippen LogP contribution is -2.51. The molecule has 2 aromatic carbocycles. The Labute approximate surface area is 171 Å². The first-order valence-corrected chi connectivity index (χ1v) is 10.1. The number of aliphatic hydroxyl groups is 2. The standard InChI is InChI=1S/C23H28N2O4/c1-29-19-9-7-17(8-10-19)22(27)25-15-20(21(26)16-25)24-13-11-23(28,12-14-24)18-5-3-2-4-6-18/h2-10,20-21,26,28H,11-16H2,1H3/t20-,21-/m0/s1. The van der Waals surface area contributed by atoms with Crippen LogP contribution in [0.3, 0.4) is 0 Å². The van der Waals surface area contributed by atoms with Gasteiger partial charge in [-0.3, -0.25) is 9.69 Å². The van der Waals surface area contributed by atoms with Crippen molar-refractivity contribution in [3.05, 3.63) is 65.7 Å². The molecule has 1 amide bonds. The van der Waals surface area contributed by atoms with Gasteiger partial charge in [-0.2, -0.15) is 0 Å². The van der Waals surface area contributed by atoms with Gasteiger partial charge >= 0.3 is 0 Å². The molecular formula is C23H28N2O4. The van der Waals surface area contributed by atoms with Crippen molar-refractivity contribution in [2.45, 2.75) is 30.6 Å². The third-order valence-electron chi connectivity index (χ3n) is 6.29. The molecule has 2 atom stereocenters. The summed E-state index contributed by atoms with van der Waals surface area (Å²) in [6, 6.07) is 16.7. The second-order valence-electron chi connectivity index (χ2n) is 8.01. The Bertz CT molecular complexity index is 832. The number of hydrogen-bond donors (Lipinski definition) is 2. The second-order valence-corrected chi connectivity index (χ2v) is 8.01. The maximum atomic E-state index is 12.8. The monoisotopic (exact) mass is 396 g/mol. The molecule has 6 heteroatoms. The fraction of sp³-hybridized carbons (Fsp3) is 0.435. The summed E-state index contributed by atoms with van der Waals surface area (Å²) in [5, 5.41) is 21.7. The number of benzene rings is 2. The van der Waals surface area contributed by atoms with Crippen LogP contribution in [0.15, 0.2) is 54.6 Å². The van der Waals surface area contributed by atoms with Crippen LogP contribution >= 0.6 is 0 Å². The number of carbonyl (C=O) groups is 1. The second kappa shape index (κ2) is 8.14. The molecule has 2 saturated heterocycles. The summed E-state index contributed by atoms with van der Waals surface area (Å²) in [6.45, 7) is 2.21. The van der Waals surface area contributed by atoms with Gasteiger partial charge in [0.1, 0.15) is 5.75 Å². The number of hydrogen-bond acceptors (Lipinski definition) is 5. The number of aliphatic hydroxyl groups excluding tert-OH is 1. The first-order valence-electron chi connectivity index (χ1n) is 10.1. The zero-order chi connectivity index (χ0) is 20.4. The van der Waals surface area contributed by atoms with Crippen molar-refractivity contribution in [1.29, 1.82) is 0 Å². The lowest BCUT2D eigenvalue weighted by molar-refractivity contribution is -0.0452. The molecule has 154 valence electrons. The largest absolute Gasteiger partial charge is 0.497 e. The van der Waals surface area contributed by atoms with E-state index in [1.807, 2.05) is 30.3 Å². The van der Waals surface area contributed by atoms with E-state index in [0.29, 0.717) is 50.3 Å². The number of rotatable bonds is 4. The van der Waals surface area contributed by atoms with E-state index < -0.39 is 11.7 Å². The molecular weight excluding hydrogens is 368 g/mol. The van der Waals surface area contributed by atoms with Crippen LogP contribution in [0.5, 0.6) is 5.75 Å². The van der Waals surface area contributed by atoms with E-state index in [9.17, 15) is 15.0 Å². The minimum absolute atomic E-state index is 0.0768. The molecule has 0 saturated carbocycles. The van der Waals surface area contributed by atoms with Crippen molar-refractivity contribution in [3.63, 3.8) is 0 Å². The van der Waals surface area contributed by atoms with Crippen molar-refractivity contribution in [3.8, 4) is 5.75 Å². The van der Waals surface area contributed by atoms with Crippen LogP contribution in [-0.4, -0.2) is 71.4 Å². The van der Waals surface area contributed by atoms with Gasteiger partial charge in [-0.05, 0) is 42.7 Å². The Morgan fingerprint density at radius 3 is 2.31 bits per heavy atom. The van der Waals surface area contributed by atoms with E-state index in [-0.39, 0.29) is 11.9 Å². The highest BCUT2D eigenvalue weighted by Gasteiger charge is 2.42. The van der Waals surface area contributed by atoms with Gasteiger partial charge in [0.05, 0.1) is 24.9 Å². The van der Waals surface area contributed by atoms with E-state index >= 15 is 0 Å². The van der Waals surface area contributed by atoms with Gasteiger partial charge in [0.15, 0.2) is 0 Å². The van der Waals surface area contributed by atoms with Gasteiger partial charge in [0.25, 0.3) is 5.91 Å². The smallest absolute Gasteiger partial charge is 0.254 e. The van der Waals surface area contributed by atoms with Crippen molar-refractivity contribution < 1.29 is 19.7 Å². The predicted octanol–water partition coefficient (Wildman–Crippen LogP) is 1.86. The maximum Gasteiger partial charge on any atom is 0.254 e. The lowest BCUT2D eigenvalue weighted by atomic mass is 9.84. The summed E-state index contributed by atoms with van der Waals surface area (Å²) in [4.78, 5) is 16.8. The van der Waals surface area contributed by atoms with Gasteiger partial charge in [-0.15, -0.1) is 0 Å². The molecule has 0 spiro atoms. The van der Waals surface area contributed by atoms with Crippen LogP contribution < -0.4 is 4.74 Å². The normalized spacial score (nSPS) is 24.4. The molecule has 2 aliphatic rings. The summed E-state index contributed by atoms with van der Waals surface area (Å²) in [7, 11) is 1.59. The van der Waals surface area contributed by atoms with Gasteiger partial charge in [0.2, 0.25) is 0 Å². The minimum Gasteiger partial charge on any atom is -0.497 e.